The first kappa shape index (κ1) is 12.6. The minimum absolute atomic E-state index is 0.000411. The van der Waals surface area contributed by atoms with Crippen molar-refractivity contribution in [3.63, 3.8) is 0 Å². The Morgan fingerprint density at radius 1 is 1.50 bits per heavy atom. The van der Waals surface area contributed by atoms with E-state index >= 15 is 0 Å². The fourth-order valence-electron chi connectivity index (χ4n) is 1.42. The van der Waals surface area contributed by atoms with Crippen molar-refractivity contribution in [1.29, 1.82) is 0 Å². The molecule has 4 heteroatoms. The van der Waals surface area contributed by atoms with E-state index in [0.29, 0.717) is 6.42 Å². The molecule has 3 N–H and O–H groups in total. The van der Waals surface area contributed by atoms with Crippen LogP contribution in [0.15, 0.2) is 24.5 Å². The summed E-state index contributed by atoms with van der Waals surface area (Å²) < 4.78 is 0. The van der Waals surface area contributed by atoms with Crippen molar-refractivity contribution in [2.75, 3.05) is 0 Å². The van der Waals surface area contributed by atoms with Crippen LogP contribution in [0, 0.1) is 0 Å². The lowest BCUT2D eigenvalue weighted by molar-refractivity contribution is -0.122. The molecular formula is C12H19N3O. The zero-order valence-corrected chi connectivity index (χ0v) is 9.81. The molecule has 1 aromatic heterocycles. The Labute approximate surface area is 96.3 Å². The standard InChI is InChI=1S/C12H19N3O/c1-3-11(13)8-12(16)15-9(2)10-4-6-14-7-5-10/h4-7,9,11H,3,8,13H2,1-2H3,(H,15,16)/t9-,11?/m1/s1. The molecule has 1 unspecified atom stereocenters. The third-order valence-corrected chi connectivity index (χ3v) is 2.56. The van der Waals surface area contributed by atoms with E-state index in [1.54, 1.807) is 12.4 Å². The average molecular weight is 221 g/mol. The number of nitrogens with one attached hydrogen (secondary N) is 1. The van der Waals surface area contributed by atoms with Crippen molar-refractivity contribution in [3.8, 4) is 0 Å². The van der Waals surface area contributed by atoms with Gasteiger partial charge in [0.15, 0.2) is 0 Å². The number of carbonyl (C=O) groups excluding carboxylic acids is 1. The maximum Gasteiger partial charge on any atom is 0.222 e. The number of amides is 1. The normalized spacial score (nSPS) is 14.2. The molecule has 0 spiro atoms. The summed E-state index contributed by atoms with van der Waals surface area (Å²) in [7, 11) is 0. The van der Waals surface area contributed by atoms with Gasteiger partial charge in [0.1, 0.15) is 0 Å². The van der Waals surface area contributed by atoms with Crippen LogP contribution >= 0.6 is 0 Å². The molecule has 0 fully saturated rings. The molecule has 0 radical (unpaired) electrons. The van der Waals surface area contributed by atoms with Gasteiger partial charge in [-0.1, -0.05) is 6.92 Å². The van der Waals surface area contributed by atoms with E-state index in [1.165, 1.54) is 0 Å². The van der Waals surface area contributed by atoms with Crippen molar-refractivity contribution >= 4 is 5.91 Å². The van der Waals surface area contributed by atoms with E-state index in [9.17, 15) is 4.79 Å². The van der Waals surface area contributed by atoms with Gasteiger partial charge in [-0.25, -0.2) is 0 Å². The van der Waals surface area contributed by atoms with Crippen LogP contribution in [0.25, 0.3) is 0 Å². The number of hydrogen-bond acceptors (Lipinski definition) is 3. The van der Waals surface area contributed by atoms with Crippen molar-refractivity contribution < 1.29 is 4.79 Å². The lowest BCUT2D eigenvalue weighted by Gasteiger charge is -2.15. The highest BCUT2D eigenvalue weighted by atomic mass is 16.1. The van der Waals surface area contributed by atoms with E-state index in [0.717, 1.165) is 12.0 Å². The van der Waals surface area contributed by atoms with Gasteiger partial charge in [-0.2, -0.15) is 0 Å². The first-order valence-corrected chi connectivity index (χ1v) is 5.58. The molecule has 1 rings (SSSR count). The molecule has 0 aromatic carbocycles. The van der Waals surface area contributed by atoms with Crippen LogP contribution in [0.3, 0.4) is 0 Å². The molecule has 0 aliphatic rings. The second kappa shape index (κ2) is 6.23. The van der Waals surface area contributed by atoms with E-state index in [4.69, 9.17) is 5.73 Å². The Morgan fingerprint density at radius 3 is 2.69 bits per heavy atom. The zero-order valence-electron chi connectivity index (χ0n) is 9.81. The third-order valence-electron chi connectivity index (χ3n) is 2.56. The van der Waals surface area contributed by atoms with Gasteiger partial charge in [0.2, 0.25) is 5.91 Å². The van der Waals surface area contributed by atoms with Gasteiger partial charge in [-0.15, -0.1) is 0 Å². The van der Waals surface area contributed by atoms with Gasteiger partial charge in [-0.3, -0.25) is 9.78 Å². The summed E-state index contributed by atoms with van der Waals surface area (Å²) in [5, 5.41) is 2.91. The fourth-order valence-corrected chi connectivity index (χ4v) is 1.42. The topological polar surface area (TPSA) is 68.0 Å². The number of aromatic nitrogens is 1. The molecule has 0 saturated heterocycles. The summed E-state index contributed by atoms with van der Waals surface area (Å²) in [6, 6.07) is 3.74. The largest absolute Gasteiger partial charge is 0.350 e. The number of nitrogens with zero attached hydrogens (tertiary/aromatic N) is 1. The Kier molecular flexibility index (Phi) is 4.92. The Hall–Kier alpha value is -1.42. The average Bonchev–Trinajstić information content (AvgIpc) is 2.29. The molecule has 88 valence electrons. The van der Waals surface area contributed by atoms with Crippen molar-refractivity contribution in [2.45, 2.75) is 38.8 Å². The lowest BCUT2D eigenvalue weighted by Crippen LogP contribution is -2.32. The number of pyridine rings is 1. The van der Waals surface area contributed by atoms with Gasteiger partial charge in [0.05, 0.1) is 6.04 Å². The summed E-state index contributed by atoms with van der Waals surface area (Å²) in [5.41, 5.74) is 6.77. The van der Waals surface area contributed by atoms with Gasteiger partial charge in [0, 0.05) is 24.9 Å². The number of rotatable bonds is 5. The molecular weight excluding hydrogens is 202 g/mol. The molecule has 4 nitrogen and oxygen atoms in total. The quantitative estimate of drug-likeness (QED) is 0.789. The first-order chi connectivity index (χ1) is 7.63. The second-order valence-electron chi connectivity index (χ2n) is 3.94. The zero-order chi connectivity index (χ0) is 12.0. The Morgan fingerprint density at radius 2 is 2.12 bits per heavy atom. The number of carbonyl (C=O) groups is 1. The van der Waals surface area contributed by atoms with Crippen LogP contribution in [0.2, 0.25) is 0 Å². The summed E-state index contributed by atoms with van der Waals surface area (Å²) >= 11 is 0. The first-order valence-electron chi connectivity index (χ1n) is 5.58. The second-order valence-corrected chi connectivity index (χ2v) is 3.94. The fraction of sp³-hybridized carbons (Fsp3) is 0.500. The summed E-state index contributed by atoms with van der Waals surface area (Å²) in [6.45, 7) is 3.93. The Bertz CT molecular complexity index is 326. The highest BCUT2D eigenvalue weighted by Crippen LogP contribution is 2.10. The van der Waals surface area contributed by atoms with Crippen molar-refractivity contribution in [3.05, 3.63) is 30.1 Å². The third kappa shape index (κ3) is 3.98. The predicted molar refractivity (Wildman–Crippen MR) is 63.7 cm³/mol. The molecule has 16 heavy (non-hydrogen) atoms. The van der Waals surface area contributed by atoms with Crippen LogP contribution in [0.4, 0.5) is 0 Å². The smallest absolute Gasteiger partial charge is 0.222 e. The molecule has 1 aromatic rings. The van der Waals surface area contributed by atoms with Gasteiger partial charge >= 0.3 is 0 Å². The summed E-state index contributed by atoms with van der Waals surface area (Å²) in [6.07, 6.45) is 4.63. The van der Waals surface area contributed by atoms with Crippen molar-refractivity contribution in [1.82, 2.24) is 10.3 Å². The molecule has 2 atom stereocenters. The lowest BCUT2D eigenvalue weighted by atomic mass is 10.1. The monoisotopic (exact) mass is 221 g/mol. The van der Waals surface area contributed by atoms with Gasteiger partial charge in [-0.05, 0) is 31.0 Å². The molecule has 0 saturated carbocycles. The van der Waals surface area contributed by atoms with Crippen LogP contribution in [0.1, 0.15) is 38.3 Å². The van der Waals surface area contributed by atoms with Crippen LogP contribution in [-0.4, -0.2) is 16.9 Å². The maximum atomic E-state index is 11.6. The molecule has 0 bridgehead atoms. The highest BCUT2D eigenvalue weighted by molar-refractivity contribution is 5.77. The minimum Gasteiger partial charge on any atom is -0.350 e. The van der Waals surface area contributed by atoms with E-state index in [1.807, 2.05) is 26.0 Å². The summed E-state index contributed by atoms with van der Waals surface area (Å²) in [5.74, 6) is -0.00124. The maximum absolute atomic E-state index is 11.6. The van der Waals surface area contributed by atoms with Crippen LogP contribution in [-0.2, 0) is 4.79 Å². The van der Waals surface area contributed by atoms with E-state index < -0.39 is 0 Å². The molecule has 1 heterocycles. The van der Waals surface area contributed by atoms with E-state index in [-0.39, 0.29) is 18.0 Å². The molecule has 0 aliphatic heterocycles. The SMILES string of the molecule is CCC(N)CC(=O)N[C@H](C)c1ccncc1. The number of nitrogens with two attached hydrogens (primary N) is 1. The minimum atomic E-state index is -0.0513. The predicted octanol–water partition coefficient (Wildman–Crippen LogP) is 1.39. The molecule has 0 aliphatic carbocycles. The van der Waals surface area contributed by atoms with Crippen LogP contribution < -0.4 is 11.1 Å². The highest BCUT2D eigenvalue weighted by Gasteiger charge is 2.11. The van der Waals surface area contributed by atoms with Gasteiger partial charge < -0.3 is 11.1 Å². The Balaban J connectivity index is 2.46. The van der Waals surface area contributed by atoms with E-state index in [2.05, 4.69) is 10.3 Å². The number of hydrogen-bond donors (Lipinski definition) is 2. The van der Waals surface area contributed by atoms with Crippen LogP contribution in [0.5, 0.6) is 0 Å². The van der Waals surface area contributed by atoms with Crippen molar-refractivity contribution in [2.24, 2.45) is 5.73 Å². The molecule has 1 amide bonds. The summed E-state index contributed by atoms with van der Waals surface area (Å²) in [4.78, 5) is 15.5. The van der Waals surface area contributed by atoms with Gasteiger partial charge in [0.25, 0.3) is 0 Å².